The number of nitrogens with one attached hydrogen (secondary N) is 2. The zero-order chi connectivity index (χ0) is 12.3. The van der Waals surface area contributed by atoms with Crippen molar-refractivity contribution in [3.63, 3.8) is 0 Å². The minimum atomic E-state index is -0.304. The average Bonchev–Trinajstić information content (AvgIpc) is 2.78. The normalized spacial score (nSPS) is 9.94. The van der Waals surface area contributed by atoms with Crippen LogP contribution in [0.25, 0.3) is 11.3 Å². The van der Waals surface area contributed by atoms with E-state index >= 15 is 0 Å². The van der Waals surface area contributed by atoms with Crippen molar-refractivity contribution in [2.75, 3.05) is 5.32 Å². The molecule has 1 aromatic heterocycles. The molecule has 0 saturated carbocycles. The number of hydrogen-bond acceptors (Lipinski definition) is 2. The number of aromatic amines is 1. The second kappa shape index (κ2) is 4.84. The molecule has 2 N–H and O–H groups in total. The zero-order valence-electron chi connectivity index (χ0n) is 8.90. The fourth-order valence-electron chi connectivity index (χ4n) is 1.33. The smallest absolute Gasteiger partial charge is 0.250 e. The van der Waals surface area contributed by atoms with Crippen molar-refractivity contribution in [3.05, 3.63) is 48.1 Å². The van der Waals surface area contributed by atoms with Crippen LogP contribution < -0.4 is 5.32 Å². The maximum atomic E-state index is 11.1. The Morgan fingerprint density at radius 3 is 2.76 bits per heavy atom. The first-order valence-corrected chi connectivity index (χ1v) is 5.31. The molecule has 0 spiro atoms. The lowest BCUT2D eigenvalue weighted by atomic mass is 10.2. The van der Waals surface area contributed by atoms with Crippen LogP contribution in [0.2, 0.25) is 5.02 Å². The number of rotatable bonds is 3. The Morgan fingerprint density at radius 1 is 1.41 bits per heavy atom. The van der Waals surface area contributed by atoms with Gasteiger partial charge in [0.15, 0.2) is 0 Å². The van der Waals surface area contributed by atoms with Crippen LogP contribution >= 0.6 is 11.6 Å². The SMILES string of the molecule is C=CC(=O)Nc1ncc(-c2ccc(Cl)cc2)[nH]1. The molecular weight excluding hydrogens is 238 g/mol. The van der Waals surface area contributed by atoms with E-state index < -0.39 is 0 Å². The van der Waals surface area contributed by atoms with Gasteiger partial charge in [-0.2, -0.15) is 0 Å². The van der Waals surface area contributed by atoms with Gasteiger partial charge in [0.25, 0.3) is 0 Å². The van der Waals surface area contributed by atoms with Gasteiger partial charge < -0.3 is 4.98 Å². The van der Waals surface area contributed by atoms with Crippen LogP contribution in [0, 0.1) is 0 Å². The summed E-state index contributed by atoms with van der Waals surface area (Å²) >= 11 is 5.80. The lowest BCUT2D eigenvalue weighted by Gasteiger charge is -1.98. The van der Waals surface area contributed by atoms with Crippen molar-refractivity contribution in [2.24, 2.45) is 0 Å². The van der Waals surface area contributed by atoms with E-state index in [1.807, 2.05) is 12.1 Å². The van der Waals surface area contributed by atoms with E-state index in [-0.39, 0.29) is 5.91 Å². The van der Waals surface area contributed by atoms with Crippen LogP contribution in [0.4, 0.5) is 5.95 Å². The third kappa shape index (κ3) is 2.73. The first kappa shape index (κ1) is 11.4. The summed E-state index contributed by atoms with van der Waals surface area (Å²) in [5.74, 6) is 0.0851. The zero-order valence-corrected chi connectivity index (χ0v) is 9.66. The van der Waals surface area contributed by atoms with Crippen LogP contribution in [0.3, 0.4) is 0 Å². The maximum Gasteiger partial charge on any atom is 0.250 e. The Morgan fingerprint density at radius 2 is 2.12 bits per heavy atom. The number of carbonyl (C=O) groups excluding carboxylic acids is 1. The van der Waals surface area contributed by atoms with E-state index in [0.29, 0.717) is 11.0 Å². The molecule has 2 aromatic rings. The number of amides is 1. The highest BCUT2D eigenvalue weighted by Crippen LogP contribution is 2.20. The average molecular weight is 248 g/mol. The van der Waals surface area contributed by atoms with Crippen molar-refractivity contribution in [1.82, 2.24) is 9.97 Å². The second-order valence-corrected chi connectivity index (χ2v) is 3.78. The van der Waals surface area contributed by atoms with Gasteiger partial charge in [-0.05, 0) is 23.8 Å². The molecule has 0 aliphatic carbocycles. The summed E-state index contributed by atoms with van der Waals surface area (Å²) in [6.07, 6.45) is 2.83. The molecule has 0 saturated heterocycles. The largest absolute Gasteiger partial charge is 0.324 e. The molecule has 0 bridgehead atoms. The molecule has 4 nitrogen and oxygen atoms in total. The van der Waals surface area contributed by atoms with Crippen molar-refractivity contribution in [1.29, 1.82) is 0 Å². The summed E-state index contributed by atoms with van der Waals surface area (Å²) < 4.78 is 0. The topological polar surface area (TPSA) is 57.8 Å². The Hall–Kier alpha value is -2.07. The van der Waals surface area contributed by atoms with Gasteiger partial charge in [0.05, 0.1) is 11.9 Å². The van der Waals surface area contributed by atoms with E-state index in [1.165, 1.54) is 6.08 Å². The molecular formula is C12H10ClN3O. The number of nitrogens with zero attached hydrogens (tertiary/aromatic N) is 1. The lowest BCUT2D eigenvalue weighted by Crippen LogP contribution is -2.08. The highest BCUT2D eigenvalue weighted by Gasteiger charge is 2.04. The fourth-order valence-corrected chi connectivity index (χ4v) is 1.45. The van der Waals surface area contributed by atoms with Gasteiger partial charge in [-0.3, -0.25) is 10.1 Å². The van der Waals surface area contributed by atoms with E-state index in [4.69, 9.17) is 11.6 Å². The summed E-state index contributed by atoms with van der Waals surface area (Å²) in [5.41, 5.74) is 1.75. The summed E-state index contributed by atoms with van der Waals surface area (Å²) in [7, 11) is 0. The van der Waals surface area contributed by atoms with Crippen LogP contribution in [-0.2, 0) is 4.79 Å². The predicted octanol–water partition coefficient (Wildman–Crippen LogP) is 2.85. The number of carbonyl (C=O) groups is 1. The summed E-state index contributed by atoms with van der Waals surface area (Å²) in [6.45, 7) is 3.36. The van der Waals surface area contributed by atoms with Gasteiger partial charge in [0.2, 0.25) is 11.9 Å². The summed E-state index contributed by atoms with van der Waals surface area (Å²) in [5, 5.41) is 3.22. The molecule has 0 radical (unpaired) electrons. The molecule has 0 unspecified atom stereocenters. The van der Waals surface area contributed by atoms with Gasteiger partial charge in [-0.1, -0.05) is 30.3 Å². The van der Waals surface area contributed by atoms with Crippen LogP contribution in [0.15, 0.2) is 43.1 Å². The second-order valence-electron chi connectivity index (χ2n) is 3.35. The van der Waals surface area contributed by atoms with Gasteiger partial charge in [-0.25, -0.2) is 4.98 Å². The molecule has 5 heteroatoms. The monoisotopic (exact) mass is 247 g/mol. The molecule has 0 aliphatic heterocycles. The Labute approximate surface area is 103 Å². The molecule has 0 atom stereocenters. The minimum absolute atomic E-state index is 0.304. The highest BCUT2D eigenvalue weighted by atomic mass is 35.5. The van der Waals surface area contributed by atoms with Gasteiger partial charge in [-0.15, -0.1) is 0 Å². The van der Waals surface area contributed by atoms with Gasteiger partial charge in [0, 0.05) is 5.02 Å². The standard InChI is InChI=1S/C12H10ClN3O/c1-2-11(17)16-12-14-7-10(15-12)8-3-5-9(13)6-4-8/h2-7H,1H2,(H2,14,15,16,17). The van der Waals surface area contributed by atoms with E-state index in [1.54, 1.807) is 18.3 Å². The minimum Gasteiger partial charge on any atom is -0.324 e. The van der Waals surface area contributed by atoms with Crippen LogP contribution in [0.5, 0.6) is 0 Å². The van der Waals surface area contributed by atoms with E-state index in [9.17, 15) is 4.79 Å². The van der Waals surface area contributed by atoms with Crippen LogP contribution in [-0.4, -0.2) is 15.9 Å². The maximum absolute atomic E-state index is 11.1. The van der Waals surface area contributed by atoms with Gasteiger partial charge >= 0.3 is 0 Å². The van der Waals surface area contributed by atoms with Crippen LogP contribution in [0.1, 0.15) is 0 Å². The van der Waals surface area contributed by atoms with Crippen molar-refractivity contribution < 1.29 is 4.79 Å². The first-order valence-electron chi connectivity index (χ1n) is 4.93. The lowest BCUT2D eigenvalue weighted by molar-refractivity contribution is -0.111. The third-order valence-electron chi connectivity index (χ3n) is 2.16. The number of anilines is 1. The number of hydrogen-bond donors (Lipinski definition) is 2. The number of aromatic nitrogens is 2. The number of H-pyrrole nitrogens is 1. The van der Waals surface area contributed by atoms with Gasteiger partial charge in [0.1, 0.15) is 0 Å². The fraction of sp³-hybridized carbons (Fsp3) is 0. The van der Waals surface area contributed by atoms with Crippen molar-refractivity contribution >= 4 is 23.5 Å². The molecule has 1 heterocycles. The molecule has 0 aliphatic rings. The molecule has 1 aromatic carbocycles. The molecule has 0 fully saturated rings. The molecule has 86 valence electrons. The van der Waals surface area contributed by atoms with Crippen molar-refractivity contribution in [2.45, 2.75) is 0 Å². The van der Waals surface area contributed by atoms with E-state index in [2.05, 4.69) is 21.9 Å². The third-order valence-corrected chi connectivity index (χ3v) is 2.41. The quantitative estimate of drug-likeness (QED) is 0.820. The predicted molar refractivity (Wildman–Crippen MR) is 67.9 cm³/mol. The summed E-state index contributed by atoms with van der Waals surface area (Å²) in [6, 6.07) is 7.32. The molecule has 1 amide bonds. The molecule has 17 heavy (non-hydrogen) atoms. The van der Waals surface area contributed by atoms with Crippen molar-refractivity contribution in [3.8, 4) is 11.3 Å². The first-order chi connectivity index (χ1) is 8.19. The Kier molecular flexibility index (Phi) is 3.25. The number of imidazole rings is 1. The van der Waals surface area contributed by atoms with E-state index in [0.717, 1.165) is 11.3 Å². The number of benzene rings is 1. The Balaban J connectivity index is 2.20. The summed E-state index contributed by atoms with van der Waals surface area (Å²) in [4.78, 5) is 18.1. The Bertz CT molecular complexity index is 545. The highest BCUT2D eigenvalue weighted by molar-refractivity contribution is 6.30. The number of halogens is 1. The molecule has 2 rings (SSSR count).